The number of halogens is 4. The van der Waals surface area contributed by atoms with Crippen LogP contribution in [0, 0.1) is 5.82 Å². The van der Waals surface area contributed by atoms with E-state index in [4.69, 9.17) is 0 Å². The number of piperazine rings is 1. The Balaban J connectivity index is 1.62. The van der Waals surface area contributed by atoms with Crippen molar-refractivity contribution in [1.29, 1.82) is 0 Å². The third-order valence-corrected chi connectivity index (χ3v) is 6.33. The molecule has 0 radical (unpaired) electrons. The van der Waals surface area contributed by atoms with E-state index in [0.717, 1.165) is 36.4 Å². The van der Waals surface area contributed by atoms with Gasteiger partial charge < -0.3 is 10.2 Å². The van der Waals surface area contributed by atoms with Crippen molar-refractivity contribution in [3.63, 3.8) is 0 Å². The zero-order valence-corrected chi connectivity index (χ0v) is 15.8. The monoisotopic (exact) mass is 431 g/mol. The van der Waals surface area contributed by atoms with E-state index in [-0.39, 0.29) is 36.8 Å². The molecular formula is C18H17F4N3O3S. The second-order valence-corrected chi connectivity index (χ2v) is 8.29. The van der Waals surface area contributed by atoms with Crippen LogP contribution >= 0.6 is 0 Å². The van der Waals surface area contributed by atoms with E-state index in [2.05, 4.69) is 5.32 Å². The molecule has 0 aromatic heterocycles. The Kier molecular flexibility index (Phi) is 5.80. The third-order valence-electron chi connectivity index (χ3n) is 4.42. The van der Waals surface area contributed by atoms with E-state index in [1.807, 2.05) is 0 Å². The fraction of sp³-hybridized carbons (Fsp3) is 0.278. The number of hydrogen-bond donors (Lipinski definition) is 1. The van der Waals surface area contributed by atoms with Crippen molar-refractivity contribution < 1.29 is 30.8 Å². The van der Waals surface area contributed by atoms with Gasteiger partial charge in [-0.1, -0.05) is 6.07 Å². The Hall–Kier alpha value is -2.66. The molecule has 11 heteroatoms. The van der Waals surface area contributed by atoms with Gasteiger partial charge in [0.25, 0.3) is 0 Å². The normalized spacial score (nSPS) is 15.9. The first-order chi connectivity index (χ1) is 13.6. The zero-order chi connectivity index (χ0) is 21.2. The van der Waals surface area contributed by atoms with E-state index >= 15 is 0 Å². The molecule has 3 rings (SSSR count). The molecule has 1 fully saturated rings. The lowest BCUT2D eigenvalue weighted by Crippen LogP contribution is -2.51. The van der Waals surface area contributed by atoms with Crippen molar-refractivity contribution in [2.45, 2.75) is 11.1 Å². The maximum Gasteiger partial charge on any atom is 0.416 e. The highest BCUT2D eigenvalue weighted by Crippen LogP contribution is 2.30. The number of anilines is 1. The van der Waals surface area contributed by atoms with E-state index in [1.54, 1.807) is 0 Å². The molecule has 6 nitrogen and oxygen atoms in total. The molecule has 29 heavy (non-hydrogen) atoms. The van der Waals surface area contributed by atoms with Gasteiger partial charge in [-0.05, 0) is 42.5 Å². The van der Waals surface area contributed by atoms with Crippen LogP contribution in [0.15, 0.2) is 53.4 Å². The summed E-state index contributed by atoms with van der Waals surface area (Å²) in [6.45, 7) is 0.141. The van der Waals surface area contributed by atoms with Crippen LogP contribution in [0.3, 0.4) is 0 Å². The molecule has 0 saturated carbocycles. The van der Waals surface area contributed by atoms with Gasteiger partial charge in [-0.2, -0.15) is 17.5 Å². The smallest absolute Gasteiger partial charge is 0.322 e. The van der Waals surface area contributed by atoms with Crippen molar-refractivity contribution in [2.24, 2.45) is 0 Å². The highest BCUT2D eigenvalue weighted by atomic mass is 32.2. The molecule has 0 aliphatic carbocycles. The molecule has 2 aromatic carbocycles. The third kappa shape index (κ3) is 4.85. The average molecular weight is 431 g/mol. The summed E-state index contributed by atoms with van der Waals surface area (Å²) in [5, 5.41) is 2.39. The minimum Gasteiger partial charge on any atom is -0.322 e. The molecule has 1 aliphatic heterocycles. The highest BCUT2D eigenvalue weighted by molar-refractivity contribution is 7.89. The molecule has 0 unspecified atom stereocenters. The maximum absolute atomic E-state index is 13.0. The van der Waals surface area contributed by atoms with Crippen molar-refractivity contribution in [2.75, 3.05) is 31.5 Å². The molecule has 0 atom stereocenters. The Bertz CT molecular complexity index is 986. The first-order valence-corrected chi connectivity index (χ1v) is 10.0. The van der Waals surface area contributed by atoms with Gasteiger partial charge in [0.2, 0.25) is 10.0 Å². The summed E-state index contributed by atoms with van der Waals surface area (Å²) in [5.41, 5.74) is -0.892. The lowest BCUT2D eigenvalue weighted by atomic mass is 10.2. The Morgan fingerprint density at radius 3 is 2.17 bits per heavy atom. The summed E-state index contributed by atoms with van der Waals surface area (Å²) in [4.78, 5) is 13.6. The van der Waals surface area contributed by atoms with Crippen molar-refractivity contribution in [3.8, 4) is 0 Å². The van der Waals surface area contributed by atoms with Crippen molar-refractivity contribution >= 4 is 21.7 Å². The van der Waals surface area contributed by atoms with E-state index in [1.165, 1.54) is 21.3 Å². The predicted octanol–water partition coefficient (Wildman–Crippen LogP) is 3.38. The number of nitrogens with zero attached hydrogens (tertiary/aromatic N) is 2. The number of hydrogen-bond acceptors (Lipinski definition) is 3. The molecule has 2 amide bonds. The Labute approximate surface area is 164 Å². The number of carbonyl (C=O) groups is 1. The maximum atomic E-state index is 13.0. The van der Waals surface area contributed by atoms with Crippen molar-refractivity contribution in [1.82, 2.24) is 9.21 Å². The second-order valence-electron chi connectivity index (χ2n) is 6.35. The van der Waals surface area contributed by atoms with Gasteiger partial charge in [0.15, 0.2) is 0 Å². The van der Waals surface area contributed by atoms with Crippen LogP contribution < -0.4 is 5.32 Å². The number of amides is 2. The molecule has 156 valence electrons. The lowest BCUT2D eigenvalue weighted by molar-refractivity contribution is -0.137. The summed E-state index contributed by atoms with van der Waals surface area (Å²) < 4.78 is 77.6. The number of sulfonamides is 1. The van der Waals surface area contributed by atoms with Gasteiger partial charge in [-0.15, -0.1) is 0 Å². The summed E-state index contributed by atoms with van der Waals surface area (Å²) in [7, 11) is -3.83. The number of urea groups is 1. The van der Waals surface area contributed by atoms with Gasteiger partial charge >= 0.3 is 12.2 Å². The largest absolute Gasteiger partial charge is 0.416 e. The number of carbonyl (C=O) groups excluding carboxylic acids is 1. The zero-order valence-electron chi connectivity index (χ0n) is 15.0. The molecule has 1 N–H and O–H groups in total. The number of nitrogens with one attached hydrogen (secondary N) is 1. The Morgan fingerprint density at radius 2 is 1.59 bits per heavy atom. The lowest BCUT2D eigenvalue weighted by Gasteiger charge is -2.34. The topological polar surface area (TPSA) is 69.7 Å². The summed E-state index contributed by atoms with van der Waals surface area (Å²) >= 11 is 0. The highest BCUT2D eigenvalue weighted by Gasteiger charge is 2.32. The standard InChI is InChI=1S/C18H17F4N3O3S/c19-14-4-6-16(7-5-14)29(27,28)25-10-8-24(9-11-25)17(26)23-15-3-1-2-13(12-15)18(20,21)22/h1-7,12H,8-11H2,(H,23,26). The van der Waals surface area contributed by atoms with Crippen LogP contribution in [-0.4, -0.2) is 49.8 Å². The molecule has 1 heterocycles. The second kappa shape index (κ2) is 7.99. The van der Waals surface area contributed by atoms with Gasteiger partial charge in [0.1, 0.15) is 5.82 Å². The first kappa shape index (κ1) is 21.1. The van der Waals surface area contributed by atoms with Gasteiger partial charge in [0, 0.05) is 31.9 Å². The number of alkyl halides is 3. The Morgan fingerprint density at radius 1 is 0.966 bits per heavy atom. The van der Waals surface area contributed by atoms with Crippen molar-refractivity contribution in [3.05, 3.63) is 59.9 Å². The molecule has 2 aromatic rings. The minimum atomic E-state index is -4.53. The van der Waals surface area contributed by atoms with Crippen LogP contribution in [0.25, 0.3) is 0 Å². The molecule has 1 saturated heterocycles. The number of rotatable bonds is 3. The van der Waals surface area contributed by atoms with Crippen LogP contribution in [-0.2, 0) is 16.2 Å². The van der Waals surface area contributed by atoms with Gasteiger partial charge in [0.05, 0.1) is 10.5 Å². The first-order valence-electron chi connectivity index (χ1n) is 8.56. The molecule has 0 bridgehead atoms. The molecule has 0 spiro atoms. The predicted molar refractivity (Wildman–Crippen MR) is 97.2 cm³/mol. The van der Waals surface area contributed by atoms with E-state index < -0.39 is 33.6 Å². The minimum absolute atomic E-state index is 0.00816. The summed E-state index contributed by atoms with van der Waals surface area (Å²) in [5.74, 6) is -0.556. The van der Waals surface area contributed by atoms with Gasteiger partial charge in [-0.3, -0.25) is 0 Å². The summed E-state index contributed by atoms with van der Waals surface area (Å²) in [6, 6.07) is 8.05. The fourth-order valence-electron chi connectivity index (χ4n) is 2.86. The van der Waals surface area contributed by atoms with Gasteiger partial charge in [-0.25, -0.2) is 17.6 Å². The average Bonchev–Trinajstić information content (AvgIpc) is 2.68. The SMILES string of the molecule is O=C(Nc1cccc(C(F)(F)F)c1)N1CCN(S(=O)(=O)c2ccc(F)cc2)CC1. The summed E-state index contributed by atoms with van der Waals surface area (Å²) in [6.07, 6.45) is -4.53. The van der Waals surface area contributed by atoms with Crippen LogP contribution in [0.1, 0.15) is 5.56 Å². The number of benzene rings is 2. The molecular weight excluding hydrogens is 414 g/mol. The van der Waals surface area contributed by atoms with Crippen LogP contribution in [0.2, 0.25) is 0 Å². The van der Waals surface area contributed by atoms with E-state index in [0.29, 0.717) is 0 Å². The fourth-order valence-corrected chi connectivity index (χ4v) is 4.29. The molecule has 1 aliphatic rings. The van der Waals surface area contributed by atoms with E-state index in [9.17, 15) is 30.8 Å². The quantitative estimate of drug-likeness (QED) is 0.758. The van der Waals surface area contributed by atoms with Crippen LogP contribution in [0.4, 0.5) is 28.0 Å². The van der Waals surface area contributed by atoms with Crippen LogP contribution in [0.5, 0.6) is 0 Å².